The summed E-state index contributed by atoms with van der Waals surface area (Å²) in [5.41, 5.74) is -0.465. The normalized spacial score (nSPS) is 19.0. The first-order valence-electron chi connectivity index (χ1n) is 9.26. The molecule has 1 fully saturated rings. The van der Waals surface area contributed by atoms with Crippen LogP contribution in [0.4, 0.5) is 0 Å². The molecule has 0 aliphatic carbocycles. The molecule has 1 atom stereocenters. The molecule has 1 aliphatic rings. The summed E-state index contributed by atoms with van der Waals surface area (Å²) in [6.07, 6.45) is 1.17. The van der Waals surface area contributed by atoms with Gasteiger partial charge in [0.05, 0.1) is 0 Å². The Hall–Kier alpha value is -1.30. The Labute approximate surface area is 147 Å². The van der Waals surface area contributed by atoms with Gasteiger partial charge < -0.3 is 19.9 Å². The van der Waals surface area contributed by atoms with Crippen molar-refractivity contribution in [2.75, 3.05) is 45.8 Å². The lowest BCUT2D eigenvalue weighted by Gasteiger charge is -2.24. The standard InChI is InChI=1S/C18H36N4O2/c1-7-19-17(20-12-16(23)24-18(4,5)6)22-11-10-15(14-22)13-21(8-2)9-3/h15H,7-14H2,1-6H3,(H,19,20). The van der Waals surface area contributed by atoms with Crippen LogP contribution in [0.25, 0.3) is 0 Å². The molecule has 1 saturated heterocycles. The van der Waals surface area contributed by atoms with Crippen LogP contribution in [0.15, 0.2) is 4.99 Å². The third-order valence-corrected chi connectivity index (χ3v) is 4.11. The number of carbonyl (C=O) groups excluding carboxylic acids is 1. The van der Waals surface area contributed by atoms with Crippen molar-refractivity contribution >= 4 is 11.9 Å². The number of hydrogen-bond donors (Lipinski definition) is 1. The first-order chi connectivity index (χ1) is 11.3. The Balaban J connectivity index is 2.59. The molecule has 0 radical (unpaired) electrons. The summed E-state index contributed by atoms with van der Waals surface area (Å²) in [5.74, 6) is 1.21. The molecule has 24 heavy (non-hydrogen) atoms. The molecule has 0 aromatic heterocycles. The molecular weight excluding hydrogens is 304 g/mol. The Bertz CT molecular complexity index is 414. The number of likely N-dealkylation sites (tertiary alicyclic amines) is 1. The highest BCUT2D eigenvalue weighted by Crippen LogP contribution is 2.17. The van der Waals surface area contributed by atoms with Gasteiger partial charge in [-0.1, -0.05) is 13.8 Å². The summed E-state index contributed by atoms with van der Waals surface area (Å²) in [6, 6.07) is 0. The monoisotopic (exact) mass is 340 g/mol. The van der Waals surface area contributed by atoms with E-state index in [1.807, 2.05) is 27.7 Å². The van der Waals surface area contributed by atoms with Crippen molar-refractivity contribution in [2.45, 2.75) is 53.6 Å². The van der Waals surface area contributed by atoms with E-state index in [9.17, 15) is 4.79 Å². The molecule has 1 N–H and O–H groups in total. The highest BCUT2D eigenvalue weighted by Gasteiger charge is 2.26. The number of hydrogen-bond acceptors (Lipinski definition) is 4. The van der Waals surface area contributed by atoms with Crippen molar-refractivity contribution in [3.05, 3.63) is 0 Å². The fourth-order valence-corrected chi connectivity index (χ4v) is 2.96. The van der Waals surface area contributed by atoms with E-state index in [0.717, 1.165) is 45.2 Å². The van der Waals surface area contributed by atoms with Crippen LogP contribution in [-0.2, 0) is 9.53 Å². The molecule has 0 saturated carbocycles. The molecule has 0 bridgehead atoms. The van der Waals surface area contributed by atoms with Crippen LogP contribution >= 0.6 is 0 Å². The maximum absolute atomic E-state index is 11.9. The highest BCUT2D eigenvalue weighted by atomic mass is 16.6. The molecule has 1 unspecified atom stereocenters. The first-order valence-corrected chi connectivity index (χ1v) is 9.26. The third-order valence-electron chi connectivity index (χ3n) is 4.11. The van der Waals surface area contributed by atoms with Crippen LogP contribution in [0.5, 0.6) is 0 Å². The average molecular weight is 341 g/mol. The lowest BCUT2D eigenvalue weighted by molar-refractivity contribution is -0.152. The van der Waals surface area contributed by atoms with E-state index in [-0.39, 0.29) is 12.5 Å². The lowest BCUT2D eigenvalue weighted by atomic mass is 10.1. The second-order valence-electron chi connectivity index (χ2n) is 7.34. The molecule has 1 aliphatic heterocycles. The largest absolute Gasteiger partial charge is 0.459 e. The molecule has 0 aromatic rings. The summed E-state index contributed by atoms with van der Waals surface area (Å²) in [7, 11) is 0. The SMILES string of the molecule is CCNC(=NCC(=O)OC(C)(C)C)N1CCC(CN(CC)CC)C1. The molecule has 6 heteroatoms. The number of rotatable bonds is 7. The molecule has 0 spiro atoms. The zero-order valence-electron chi connectivity index (χ0n) is 16.4. The zero-order chi connectivity index (χ0) is 18.2. The Morgan fingerprint density at radius 2 is 1.96 bits per heavy atom. The van der Waals surface area contributed by atoms with Gasteiger partial charge in [-0.15, -0.1) is 0 Å². The number of esters is 1. The van der Waals surface area contributed by atoms with E-state index >= 15 is 0 Å². The topological polar surface area (TPSA) is 57.2 Å². The van der Waals surface area contributed by atoms with Crippen LogP contribution < -0.4 is 5.32 Å². The molecule has 1 heterocycles. The smallest absolute Gasteiger partial charge is 0.328 e. The van der Waals surface area contributed by atoms with Crippen LogP contribution in [0.2, 0.25) is 0 Å². The number of aliphatic imine (C=N–C) groups is 1. The van der Waals surface area contributed by atoms with Crippen LogP contribution in [0.3, 0.4) is 0 Å². The van der Waals surface area contributed by atoms with Crippen molar-refractivity contribution in [3.63, 3.8) is 0 Å². The van der Waals surface area contributed by atoms with E-state index in [0.29, 0.717) is 5.92 Å². The summed E-state index contributed by atoms with van der Waals surface area (Å²) in [5, 5.41) is 3.30. The molecule has 1 rings (SSSR count). The summed E-state index contributed by atoms with van der Waals surface area (Å²) >= 11 is 0. The van der Waals surface area contributed by atoms with Gasteiger partial charge in [0.15, 0.2) is 5.96 Å². The van der Waals surface area contributed by atoms with Crippen molar-refractivity contribution in [3.8, 4) is 0 Å². The second kappa shape index (κ2) is 9.87. The van der Waals surface area contributed by atoms with E-state index < -0.39 is 5.60 Å². The van der Waals surface area contributed by atoms with Crippen molar-refractivity contribution in [2.24, 2.45) is 10.9 Å². The third kappa shape index (κ3) is 7.51. The first kappa shape index (κ1) is 20.7. The van der Waals surface area contributed by atoms with Gasteiger partial charge in [-0.05, 0) is 53.1 Å². The average Bonchev–Trinajstić information content (AvgIpc) is 2.95. The van der Waals surface area contributed by atoms with Gasteiger partial charge in [-0.2, -0.15) is 0 Å². The fourth-order valence-electron chi connectivity index (χ4n) is 2.96. The number of nitrogens with zero attached hydrogens (tertiary/aromatic N) is 3. The highest BCUT2D eigenvalue weighted by molar-refractivity contribution is 5.83. The quantitative estimate of drug-likeness (QED) is 0.436. The van der Waals surface area contributed by atoms with Gasteiger partial charge in [0, 0.05) is 26.2 Å². The van der Waals surface area contributed by atoms with E-state index in [2.05, 4.69) is 34.0 Å². The van der Waals surface area contributed by atoms with Gasteiger partial charge in [0.1, 0.15) is 12.1 Å². The zero-order valence-corrected chi connectivity index (χ0v) is 16.4. The number of guanidine groups is 1. The Kier molecular flexibility index (Phi) is 8.53. The van der Waals surface area contributed by atoms with Crippen molar-refractivity contribution in [1.82, 2.24) is 15.1 Å². The molecular formula is C18H36N4O2. The van der Waals surface area contributed by atoms with E-state index in [4.69, 9.17) is 4.74 Å². The number of ether oxygens (including phenoxy) is 1. The van der Waals surface area contributed by atoms with Crippen molar-refractivity contribution < 1.29 is 9.53 Å². The number of carbonyl (C=O) groups is 1. The molecule has 140 valence electrons. The summed E-state index contributed by atoms with van der Waals surface area (Å²) < 4.78 is 5.33. The molecule has 6 nitrogen and oxygen atoms in total. The lowest BCUT2D eigenvalue weighted by Crippen LogP contribution is -2.41. The van der Waals surface area contributed by atoms with Crippen LogP contribution in [0.1, 0.15) is 48.0 Å². The fraction of sp³-hybridized carbons (Fsp3) is 0.889. The van der Waals surface area contributed by atoms with Gasteiger partial charge in [-0.25, -0.2) is 4.99 Å². The minimum absolute atomic E-state index is 0.0663. The van der Waals surface area contributed by atoms with Gasteiger partial charge in [0.2, 0.25) is 0 Å². The van der Waals surface area contributed by atoms with Gasteiger partial charge in [0.25, 0.3) is 0 Å². The minimum Gasteiger partial charge on any atom is -0.459 e. The maximum Gasteiger partial charge on any atom is 0.328 e. The Morgan fingerprint density at radius 1 is 1.29 bits per heavy atom. The van der Waals surface area contributed by atoms with Crippen molar-refractivity contribution in [1.29, 1.82) is 0 Å². The summed E-state index contributed by atoms with van der Waals surface area (Å²) in [6.45, 7) is 18.3. The van der Waals surface area contributed by atoms with Gasteiger partial charge >= 0.3 is 5.97 Å². The van der Waals surface area contributed by atoms with Crippen LogP contribution in [-0.4, -0.2) is 73.1 Å². The predicted octanol–water partition coefficient (Wildman–Crippen LogP) is 1.96. The van der Waals surface area contributed by atoms with Crippen LogP contribution in [0, 0.1) is 5.92 Å². The maximum atomic E-state index is 11.9. The number of nitrogens with one attached hydrogen (secondary N) is 1. The predicted molar refractivity (Wildman–Crippen MR) is 99.3 cm³/mol. The summed E-state index contributed by atoms with van der Waals surface area (Å²) in [4.78, 5) is 21.1. The van der Waals surface area contributed by atoms with E-state index in [1.165, 1.54) is 6.42 Å². The van der Waals surface area contributed by atoms with E-state index in [1.54, 1.807) is 0 Å². The molecule has 0 amide bonds. The second-order valence-corrected chi connectivity index (χ2v) is 7.34. The minimum atomic E-state index is -0.465. The Morgan fingerprint density at radius 3 is 2.50 bits per heavy atom. The van der Waals surface area contributed by atoms with Gasteiger partial charge in [-0.3, -0.25) is 4.79 Å². The molecule has 0 aromatic carbocycles.